The number of hydrogen-bond donors (Lipinski definition) is 4. The molecule has 3 N–H and O–H groups in total. The van der Waals surface area contributed by atoms with E-state index in [1.54, 1.807) is 5.32 Å². The van der Waals surface area contributed by atoms with Crippen LogP contribution in [0.25, 0.3) is 0 Å². The normalized spacial score (nSPS) is 12.8. The molecule has 1 atom stereocenters. The van der Waals surface area contributed by atoms with E-state index in [1.165, 1.54) is 0 Å². The zero-order valence-corrected chi connectivity index (χ0v) is 4.93. The molecule has 0 spiro atoms. The predicted molar refractivity (Wildman–Crippen MR) is 31.0 cm³/mol. The summed E-state index contributed by atoms with van der Waals surface area (Å²) in [6, 6.07) is 0. The summed E-state index contributed by atoms with van der Waals surface area (Å²) < 4.78 is 0. The molecule has 0 saturated heterocycles. The number of nitrogens with one attached hydrogen (secondary N) is 1. The van der Waals surface area contributed by atoms with Crippen molar-refractivity contribution >= 4 is 18.7 Å². The number of amides is 1. The van der Waals surface area contributed by atoms with Crippen LogP contribution in [-0.2, 0) is 0 Å². The van der Waals surface area contributed by atoms with Crippen LogP contribution in [0.4, 0.5) is 4.79 Å². The van der Waals surface area contributed by atoms with Crippen LogP contribution in [0.5, 0.6) is 0 Å². The standard InChI is InChI=1S/C3H7NO3S/c5-2(1-8)4-3(6)7/h2,4-5,8H,1H2,(H,6,7). The fourth-order valence-corrected chi connectivity index (χ4v) is 0.279. The van der Waals surface area contributed by atoms with Crippen molar-refractivity contribution in [3.8, 4) is 0 Å². The van der Waals surface area contributed by atoms with E-state index in [1.807, 2.05) is 0 Å². The van der Waals surface area contributed by atoms with Gasteiger partial charge in [-0.15, -0.1) is 0 Å². The van der Waals surface area contributed by atoms with Crippen molar-refractivity contribution in [2.75, 3.05) is 5.75 Å². The first-order valence-corrected chi connectivity index (χ1v) is 2.58. The van der Waals surface area contributed by atoms with Gasteiger partial charge in [-0.2, -0.15) is 12.6 Å². The van der Waals surface area contributed by atoms with Gasteiger partial charge in [0.1, 0.15) is 6.23 Å². The van der Waals surface area contributed by atoms with E-state index in [4.69, 9.17) is 10.2 Å². The summed E-state index contributed by atoms with van der Waals surface area (Å²) in [5.41, 5.74) is 0. The fourth-order valence-electron chi connectivity index (χ4n) is 0.188. The number of hydrogen-bond acceptors (Lipinski definition) is 3. The summed E-state index contributed by atoms with van der Waals surface area (Å²) in [4.78, 5) is 9.66. The van der Waals surface area contributed by atoms with Crippen LogP contribution < -0.4 is 5.32 Å². The van der Waals surface area contributed by atoms with Gasteiger partial charge in [0.2, 0.25) is 0 Å². The molecule has 4 nitrogen and oxygen atoms in total. The first-order chi connectivity index (χ1) is 3.66. The Morgan fingerprint density at radius 1 is 1.88 bits per heavy atom. The van der Waals surface area contributed by atoms with Crippen LogP contribution in [0.1, 0.15) is 0 Å². The van der Waals surface area contributed by atoms with Crippen LogP contribution in [0, 0.1) is 0 Å². The lowest BCUT2D eigenvalue weighted by Gasteiger charge is -2.03. The zero-order valence-electron chi connectivity index (χ0n) is 4.03. The van der Waals surface area contributed by atoms with E-state index in [-0.39, 0.29) is 5.75 Å². The van der Waals surface area contributed by atoms with Crippen molar-refractivity contribution in [3.05, 3.63) is 0 Å². The molecule has 0 radical (unpaired) electrons. The van der Waals surface area contributed by atoms with Crippen molar-refractivity contribution in [2.45, 2.75) is 6.23 Å². The first-order valence-electron chi connectivity index (χ1n) is 1.95. The van der Waals surface area contributed by atoms with Crippen LogP contribution in [0.3, 0.4) is 0 Å². The summed E-state index contributed by atoms with van der Waals surface area (Å²) in [5.74, 6) is 0.0896. The third-order valence-corrected chi connectivity index (χ3v) is 0.809. The minimum Gasteiger partial charge on any atom is -0.465 e. The molecule has 0 aliphatic carbocycles. The van der Waals surface area contributed by atoms with Gasteiger partial charge in [0, 0.05) is 5.75 Å². The van der Waals surface area contributed by atoms with E-state index in [2.05, 4.69) is 12.6 Å². The highest BCUT2D eigenvalue weighted by Gasteiger charge is 2.01. The van der Waals surface area contributed by atoms with E-state index in [0.29, 0.717) is 0 Å². The molecule has 1 unspecified atom stereocenters. The van der Waals surface area contributed by atoms with E-state index in [9.17, 15) is 4.79 Å². The lowest BCUT2D eigenvalue weighted by molar-refractivity contribution is 0.137. The minimum absolute atomic E-state index is 0.0896. The van der Waals surface area contributed by atoms with E-state index < -0.39 is 12.3 Å². The highest BCUT2D eigenvalue weighted by molar-refractivity contribution is 7.80. The Balaban J connectivity index is 3.24. The predicted octanol–water partition coefficient (Wildman–Crippen LogP) is -0.498. The number of thiol groups is 1. The molecule has 0 aromatic carbocycles. The van der Waals surface area contributed by atoms with Crippen molar-refractivity contribution in [3.63, 3.8) is 0 Å². The van der Waals surface area contributed by atoms with E-state index >= 15 is 0 Å². The fraction of sp³-hybridized carbons (Fsp3) is 0.667. The molecule has 0 rings (SSSR count). The Kier molecular flexibility index (Phi) is 3.38. The number of aliphatic hydroxyl groups excluding tert-OH is 1. The first kappa shape index (κ1) is 7.58. The zero-order chi connectivity index (χ0) is 6.57. The molecule has 0 aromatic rings. The lowest BCUT2D eigenvalue weighted by atomic mass is 10.7. The van der Waals surface area contributed by atoms with Gasteiger partial charge in [-0.3, -0.25) is 5.32 Å². The monoisotopic (exact) mass is 137 g/mol. The van der Waals surface area contributed by atoms with Gasteiger partial charge in [-0.1, -0.05) is 0 Å². The van der Waals surface area contributed by atoms with Crippen molar-refractivity contribution in [1.82, 2.24) is 5.32 Å². The second kappa shape index (κ2) is 3.57. The molecule has 0 fully saturated rings. The topological polar surface area (TPSA) is 69.6 Å². The Morgan fingerprint density at radius 2 is 2.38 bits per heavy atom. The molecule has 48 valence electrons. The maximum atomic E-state index is 9.66. The van der Waals surface area contributed by atoms with Gasteiger partial charge in [-0.05, 0) is 0 Å². The molecular formula is C3H7NO3S. The van der Waals surface area contributed by atoms with Crippen molar-refractivity contribution in [1.29, 1.82) is 0 Å². The SMILES string of the molecule is O=C(O)NC(O)CS. The third-order valence-electron chi connectivity index (χ3n) is 0.463. The molecule has 0 aliphatic rings. The summed E-state index contributed by atoms with van der Waals surface area (Å²) >= 11 is 3.61. The van der Waals surface area contributed by atoms with E-state index in [0.717, 1.165) is 0 Å². The van der Waals surface area contributed by atoms with Gasteiger partial charge in [0.15, 0.2) is 0 Å². The van der Waals surface area contributed by atoms with Crippen LogP contribution in [0.15, 0.2) is 0 Å². The molecule has 0 saturated carbocycles. The smallest absolute Gasteiger partial charge is 0.406 e. The van der Waals surface area contributed by atoms with Crippen LogP contribution >= 0.6 is 12.6 Å². The maximum absolute atomic E-state index is 9.66. The number of carboxylic acid groups (broad SMARTS) is 1. The molecule has 0 aliphatic heterocycles. The average molecular weight is 137 g/mol. The minimum atomic E-state index is -1.24. The molecule has 0 bridgehead atoms. The maximum Gasteiger partial charge on any atom is 0.406 e. The number of rotatable bonds is 2. The lowest BCUT2D eigenvalue weighted by Crippen LogP contribution is -2.34. The summed E-state index contributed by atoms with van der Waals surface area (Å²) in [5, 5.41) is 18.2. The summed E-state index contributed by atoms with van der Waals surface area (Å²) in [6.07, 6.45) is -2.30. The van der Waals surface area contributed by atoms with Gasteiger partial charge in [0.05, 0.1) is 0 Å². The highest BCUT2D eigenvalue weighted by Crippen LogP contribution is 1.79. The second-order valence-electron chi connectivity index (χ2n) is 1.15. The molecular weight excluding hydrogens is 130 g/mol. The Morgan fingerprint density at radius 3 is 2.50 bits per heavy atom. The molecule has 1 amide bonds. The second-order valence-corrected chi connectivity index (χ2v) is 1.51. The molecule has 8 heavy (non-hydrogen) atoms. The molecule has 5 heteroatoms. The average Bonchev–Trinajstić information content (AvgIpc) is 1.65. The van der Waals surface area contributed by atoms with Gasteiger partial charge >= 0.3 is 6.09 Å². The summed E-state index contributed by atoms with van der Waals surface area (Å²) in [7, 11) is 0. The number of aliphatic hydroxyl groups is 1. The van der Waals surface area contributed by atoms with Gasteiger partial charge < -0.3 is 10.2 Å². The van der Waals surface area contributed by atoms with Crippen molar-refractivity contribution < 1.29 is 15.0 Å². The highest BCUT2D eigenvalue weighted by atomic mass is 32.1. The van der Waals surface area contributed by atoms with Crippen LogP contribution in [0.2, 0.25) is 0 Å². The molecule has 0 aromatic heterocycles. The molecule has 0 heterocycles. The quantitative estimate of drug-likeness (QED) is 0.306. The Hall–Kier alpha value is -0.420. The van der Waals surface area contributed by atoms with Crippen LogP contribution in [-0.4, -0.2) is 28.3 Å². The van der Waals surface area contributed by atoms with Crippen molar-refractivity contribution in [2.24, 2.45) is 0 Å². The summed E-state index contributed by atoms with van der Waals surface area (Å²) in [6.45, 7) is 0. The van der Waals surface area contributed by atoms with Gasteiger partial charge in [0.25, 0.3) is 0 Å². The Labute approximate surface area is 51.9 Å². The third kappa shape index (κ3) is 3.76. The largest absolute Gasteiger partial charge is 0.465 e. The van der Waals surface area contributed by atoms with Gasteiger partial charge in [-0.25, -0.2) is 4.79 Å². The Bertz CT molecular complexity index is 86.6. The number of carbonyl (C=O) groups is 1.